The maximum absolute atomic E-state index is 11.5. The number of hydrogen-bond donors (Lipinski definition) is 2. The molecular formula is C41H44N2O4. The van der Waals surface area contributed by atoms with E-state index >= 15 is 0 Å². The zero-order valence-corrected chi connectivity index (χ0v) is 27.6. The molecule has 0 saturated carbocycles. The molecule has 6 heteroatoms. The van der Waals surface area contributed by atoms with Crippen LogP contribution in [-0.2, 0) is 27.4 Å². The number of nitrogens with zero attached hydrogens (tertiary/aromatic N) is 1. The molecular weight excluding hydrogens is 584 g/mol. The number of rotatable bonds is 10. The maximum Gasteiger partial charge on any atom is 0.217 e. The molecule has 0 radical (unpaired) electrons. The fraction of sp³-hybridized carbons (Fsp3) is 0.293. The van der Waals surface area contributed by atoms with Crippen LogP contribution in [0.4, 0.5) is 0 Å². The van der Waals surface area contributed by atoms with Crippen molar-refractivity contribution in [2.75, 3.05) is 13.6 Å². The van der Waals surface area contributed by atoms with Crippen LogP contribution in [0.2, 0.25) is 0 Å². The Kier molecular flexibility index (Phi) is 10.1. The summed E-state index contributed by atoms with van der Waals surface area (Å²) in [6.45, 7) is 7.20. The monoisotopic (exact) mass is 628 g/mol. The molecule has 1 amide bonds. The van der Waals surface area contributed by atoms with Gasteiger partial charge in [-0.2, -0.15) is 0 Å². The third-order valence-electron chi connectivity index (χ3n) is 9.47. The summed E-state index contributed by atoms with van der Waals surface area (Å²) in [5, 5.41) is 15.0. The molecule has 5 aromatic carbocycles. The highest BCUT2D eigenvalue weighted by atomic mass is 16.7. The number of benzene rings is 5. The maximum atomic E-state index is 11.5. The first-order chi connectivity index (χ1) is 22.8. The van der Waals surface area contributed by atoms with E-state index in [0.717, 1.165) is 39.9 Å². The Morgan fingerprint density at radius 2 is 1.53 bits per heavy atom. The van der Waals surface area contributed by atoms with E-state index in [1.54, 1.807) is 0 Å². The lowest BCUT2D eigenvalue weighted by Gasteiger charge is -2.43. The van der Waals surface area contributed by atoms with Crippen LogP contribution in [0.1, 0.15) is 67.0 Å². The van der Waals surface area contributed by atoms with Gasteiger partial charge in [0, 0.05) is 37.5 Å². The summed E-state index contributed by atoms with van der Waals surface area (Å²) in [5.41, 5.74) is 7.33. The Morgan fingerprint density at radius 1 is 0.809 bits per heavy atom. The second-order valence-electron chi connectivity index (χ2n) is 12.8. The number of hydrogen-bond acceptors (Lipinski definition) is 5. The van der Waals surface area contributed by atoms with E-state index in [9.17, 15) is 9.90 Å². The van der Waals surface area contributed by atoms with E-state index in [1.807, 2.05) is 30.3 Å². The van der Waals surface area contributed by atoms with Gasteiger partial charge in [-0.15, -0.1) is 0 Å². The largest absolute Gasteiger partial charge is 0.392 e. The first-order valence-electron chi connectivity index (χ1n) is 16.4. The fourth-order valence-corrected chi connectivity index (χ4v) is 6.44. The summed E-state index contributed by atoms with van der Waals surface area (Å²) in [7, 11) is 2.17. The van der Waals surface area contributed by atoms with Crippen LogP contribution in [0, 0.1) is 5.92 Å². The molecule has 2 N–H and O–H groups in total. The molecule has 1 heterocycles. The average molecular weight is 629 g/mol. The highest BCUT2D eigenvalue weighted by Gasteiger charge is 2.39. The van der Waals surface area contributed by atoms with E-state index in [2.05, 4.69) is 116 Å². The molecule has 0 aliphatic carbocycles. The Balaban J connectivity index is 1.27. The predicted molar refractivity (Wildman–Crippen MR) is 187 cm³/mol. The lowest BCUT2D eigenvalue weighted by molar-refractivity contribution is -0.276. The standard InChI is InChI=1S/C41H44N2O4/c1-27-39(25-43(4)28(2)34-20-19-32-10-5-6-11-36(32)22-34)46-41(47-40(27)33-17-15-30(26-44)16-18-33)38-14-8-13-37(23-38)35-12-7-9-31(21-35)24-42-29(3)45/h5-23,27-28,39-41,44H,24-26H2,1-4H3,(H,42,45)/t27-,28-,39+,40+,41+/m1/s1. The highest BCUT2D eigenvalue weighted by Crippen LogP contribution is 2.43. The van der Waals surface area contributed by atoms with E-state index < -0.39 is 6.29 Å². The zero-order chi connectivity index (χ0) is 32.9. The number of ether oxygens (including phenoxy) is 2. The van der Waals surface area contributed by atoms with Crippen LogP contribution in [0.25, 0.3) is 21.9 Å². The molecule has 242 valence electrons. The first-order valence-corrected chi connectivity index (χ1v) is 16.4. The summed E-state index contributed by atoms with van der Waals surface area (Å²) in [4.78, 5) is 13.8. The molecule has 1 fully saturated rings. The van der Waals surface area contributed by atoms with Crippen molar-refractivity contribution in [2.24, 2.45) is 5.92 Å². The molecule has 0 unspecified atom stereocenters. The molecule has 1 aliphatic rings. The van der Waals surface area contributed by atoms with E-state index in [-0.39, 0.29) is 36.7 Å². The van der Waals surface area contributed by atoms with Gasteiger partial charge in [-0.25, -0.2) is 0 Å². The number of aliphatic hydroxyl groups excluding tert-OH is 1. The average Bonchev–Trinajstić information content (AvgIpc) is 3.11. The quantitative estimate of drug-likeness (QED) is 0.164. The van der Waals surface area contributed by atoms with Gasteiger partial charge >= 0.3 is 0 Å². The number of likely N-dealkylation sites (N-methyl/N-ethyl adjacent to an activating group) is 1. The summed E-state index contributed by atoms with van der Waals surface area (Å²) in [6, 6.07) is 40.0. The minimum atomic E-state index is -0.564. The van der Waals surface area contributed by atoms with Crippen molar-refractivity contribution in [1.82, 2.24) is 10.2 Å². The number of nitrogens with one attached hydrogen (secondary N) is 1. The van der Waals surface area contributed by atoms with Gasteiger partial charge in [-0.3, -0.25) is 9.69 Å². The van der Waals surface area contributed by atoms with Crippen LogP contribution in [0.5, 0.6) is 0 Å². The fourth-order valence-electron chi connectivity index (χ4n) is 6.44. The second-order valence-corrected chi connectivity index (χ2v) is 12.8. The number of fused-ring (bicyclic) bond motifs is 1. The molecule has 6 nitrogen and oxygen atoms in total. The second kappa shape index (κ2) is 14.6. The third-order valence-corrected chi connectivity index (χ3v) is 9.47. The van der Waals surface area contributed by atoms with Gasteiger partial charge in [-0.05, 0) is 76.3 Å². The van der Waals surface area contributed by atoms with E-state index in [4.69, 9.17) is 9.47 Å². The Hall–Kier alpha value is -4.33. The van der Waals surface area contributed by atoms with Gasteiger partial charge < -0.3 is 19.9 Å². The van der Waals surface area contributed by atoms with Gasteiger partial charge in [0.1, 0.15) is 0 Å². The van der Waals surface area contributed by atoms with Crippen molar-refractivity contribution in [1.29, 1.82) is 0 Å². The number of amides is 1. The SMILES string of the molecule is CC(=O)NCc1cccc(-c2cccc([C@H]3O[C@@H](CN(C)[C@H](C)c4ccc5ccccc5c4)[C@@H](C)[C@@H](c4ccc(CO)cc4)O3)c2)c1. The number of aliphatic hydroxyl groups is 1. The van der Waals surface area contributed by atoms with Crippen molar-refractivity contribution < 1.29 is 19.4 Å². The van der Waals surface area contributed by atoms with Crippen LogP contribution in [-0.4, -0.2) is 35.6 Å². The van der Waals surface area contributed by atoms with Crippen LogP contribution >= 0.6 is 0 Å². The predicted octanol–water partition coefficient (Wildman–Crippen LogP) is 8.12. The summed E-state index contributed by atoms with van der Waals surface area (Å²) >= 11 is 0. The Morgan fingerprint density at radius 3 is 2.28 bits per heavy atom. The zero-order valence-electron chi connectivity index (χ0n) is 27.6. The topological polar surface area (TPSA) is 71.0 Å². The molecule has 1 saturated heterocycles. The Bertz CT molecular complexity index is 1820. The lowest BCUT2D eigenvalue weighted by atomic mass is 9.89. The van der Waals surface area contributed by atoms with Gasteiger partial charge in [0.15, 0.2) is 6.29 Å². The molecule has 47 heavy (non-hydrogen) atoms. The summed E-state index contributed by atoms with van der Waals surface area (Å²) < 4.78 is 13.6. The Labute approximate surface area is 278 Å². The molecule has 1 aliphatic heterocycles. The van der Waals surface area contributed by atoms with Gasteiger partial charge in [0.25, 0.3) is 0 Å². The van der Waals surface area contributed by atoms with Gasteiger partial charge in [0.2, 0.25) is 5.91 Å². The van der Waals surface area contributed by atoms with E-state index in [0.29, 0.717) is 6.54 Å². The van der Waals surface area contributed by atoms with Crippen molar-refractivity contribution in [3.05, 3.63) is 143 Å². The minimum Gasteiger partial charge on any atom is -0.392 e. The molecule has 5 atom stereocenters. The van der Waals surface area contributed by atoms with Crippen molar-refractivity contribution in [3.63, 3.8) is 0 Å². The number of carbonyl (C=O) groups is 1. The summed E-state index contributed by atoms with van der Waals surface area (Å²) in [5.74, 6) is 0.0248. The molecule has 5 aromatic rings. The van der Waals surface area contributed by atoms with Crippen molar-refractivity contribution >= 4 is 16.7 Å². The molecule has 6 rings (SSSR count). The normalized spacial score (nSPS) is 20.3. The van der Waals surface area contributed by atoms with Gasteiger partial charge in [-0.1, -0.05) is 104 Å². The minimum absolute atomic E-state index is 0.00593. The smallest absolute Gasteiger partial charge is 0.217 e. The van der Waals surface area contributed by atoms with Crippen LogP contribution < -0.4 is 5.32 Å². The third kappa shape index (κ3) is 7.64. The van der Waals surface area contributed by atoms with Gasteiger partial charge in [0.05, 0.1) is 18.8 Å². The van der Waals surface area contributed by atoms with Crippen LogP contribution in [0.15, 0.2) is 115 Å². The van der Waals surface area contributed by atoms with E-state index in [1.165, 1.54) is 23.3 Å². The lowest BCUT2D eigenvalue weighted by Crippen LogP contribution is -2.44. The molecule has 0 spiro atoms. The highest BCUT2D eigenvalue weighted by molar-refractivity contribution is 5.83. The molecule has 0 aromatic heterocycles. The summed E-state index contributed by atoms with van der Waals surface area (Å²) in [6.07, 6.45) is -0.861. The van der Waals surface area contributed by atoms with Crippen molar-refractivity contribution in [3.8, 4) is 11.1 Å². The molecule has 0 bridgehead atoms. The first kappa shape index (κ1) is 32.6. The number of carbonyl (C=O) groups excluding carboxylic acids is 1. The van der Waals surface area contributed by atoms with Crippen LogP contribution in [0.3, 0.4) is 0 Å². The van der Waals surface area contributed by atoms with Crippen molar-refractivity contribution in [2.45, 2.75) is 58.5 Å².